The molecule has 2 aromatic heterocycles. The molecule has 8 nitrogen and oxygen atoms in total. The highest BCUT2D eigenvalue weighted by Gasteiger charge is 2.15. The molecular weight excluding hydrogens is 440 g/mol. The van der Waals surface area contributed by atoms with E-state index in [1.54, 1.807) is 11.6 Å². The van der Waals surface area contributed by atoms with E-state index < -0.39 is 10.5 Å². The van der Waals surface area contributed by atoms with Crippen LogP contribution in [0.15, 0.2) is 69.3 Å². The van der Waals surface area contributed by atoms with E-state index in [4.69, 9.17) is 4.42 Å². The second kappa shape index (κ2) is 9.06. The van der Waals surface area contributed by atoms with E-state index in [-0.39, 0.29) is 16.8 Å². The lowest BCUT2D eigenvalue weighted by atomic mass is 10.0. The highest BCUT2D eigenvalue weighted by Crippen LogP contribution is 2.28. The van der Waals surface area contributed by atoms with Crippen LogP contribution in [0.25, 0.3) is 27.8 Å². The molecule has 0 aliphatic heterocycles. The molecule has 4 rings (SSSR count). The summed E-state index contributed by atoms with van der Waals surface area (Å²) < 4.78 is 5.30. The molecule has 0 bridgehead atoms. The van der Waals surface area contributed by atoms with E-state index in [1.807, 2.05) is 24.3 Å². The van der Waals surface area contributed by atoms with Gasteiger partial charge in [-0.3, -0.25) is 10.1 Å². The van der Waals surface area contributed by atoms with Gasteiger partial charge in [-0.05, 0) is 35.7 Å². The number of nitriles is 1. The molecule has 9 heteroatoms. The molecule has 0 atom stereocenters. The fourth-order valence-electron chi connectivity index (χ4n) is 3.19. The summed E-state index contributed by atoms with van der Waals surface area (Å²) in [6, 6.07) is 15.6. The van der Waals surface area contributed by atoms with Crippen molar-refractivity contribution in [3.05, 3.63) is 91.2 Å². The first-order valence-corrected chi connectivity index (χ1v) is 10.9. The highest BCUT2D eigenvalue weighted by molar-refractivity contribution is 7.11. The van der Waals surface area contributed by atoms with Gasteiger partial charge in [0.2, 0.25) is 0 Å². The van der Waals surface area contributed by atoms with Crippen molar-refractivity contribution >= 4 is 39.3 Å². The van der Waals surface area contributed by atoms with Crippen molar-refractivity contribution in [1.82, 2.24) is 4.98 Å². The molecule has 164 valence electrons. The number of anilines is 1. The second-order valence-corrected chi connectivity index (χ2v) is 8.41. The zero-order chi connectivity index (χ0) is 23.5. The zero-order valence-corrected chi connectivity index (χ0v) is 18.6. The van der Waals surface area contributed by atoms with E-state index in [9.17, 15) is 20.2 Å². The Morgan fingerprint density at radius 2 is 2.00 bits per heavy atom. The van der Waals surface area contributed by atoms with Gasteiger partial charge in [-0.15, -0.1) is 11.3 Å². The number of thiazole rings is 1. The van der Waals surface area contributed by atoms with Crippen molar-refractivity contribution < 1.29 is 9.34 Å². The Kier molecular flexibility index (Phi) is 6.02. The monoisotopic (exact) mass is 458 g/mol. The summed E-state index contributed by atoms with van der Waals surface area (Å²) in [5, 5.41) is 26.2. The van der Waals surface area contributed by atoms with Gasteiger partial charge in [-0.25, -0.2) is 9.78 Å². The van der Waals surface area contributed by atoms with E-state index in [1.165, 1.54) is 41.2 Å². The molecule has 0 radical (unpaired) electrons. The topological polar surface area (TPSA) is 122 Å². The van der Waals surface area contributed by atoms with Gasteiger partial charge in [-0.1, -0.05) is 26.0 Å². The number of non-ortho nitro benzene ring substituents is 1. The summed E-state index contributed by atoms with van der Waals surface area (Å²) in [6.45, 7) is 4.24. The van der Waals surface area contributed by atoms with Crippen LogP contribution in [0.3, 0.4) is 0 Å². The Balaban J connectivity index is 1.63. The number of aromatic nitrogens is 1. The molecule has 0 unspecified atom stereocenters. The molecule has 2 aromatic carbocycles. The van der Waals surface area contributed by atoms with Crippen LogP contribution in [0.2, 0.25) is 0 Å². The van der Waals surface area contributed by atoms with Crippen molar-refractivity contribution in [2.45, 2.75) is 19.8 Å². The van der Waals surface area contributed by atoms with Crippen LogP contribution in [0.4, 0.5) is 11.4 Å². The summed E-state index contributed by atoms with van der Waals surface area (Å²) in [5.74, 6) is 0.428. The van der Waals surface area contributed by atoms with Crippen LogP contribution >= 0.6 is 11.3 Å². The van der Waals surface area contributed by atoms with Crippen molar-refractivity contribution in [1.29, 1.82) is 5.26 Å². The van der Waals surface area contributed by atoms with Crippen molar-refractivity contribution in [2.24, 2.45) is 0 Å². The lowest BCUT2D eigenvalue weighted by molar-refractivity contribution is -0.384. The Hall–Kier alpha value is -4.29. The molecule has 2 heterocycles. The normalized spacial score (nSPS) is 11.5. The van der Waals surface area contributed by atoms with Crippen LogP contribution in [0, 0.1) is 21.4 Å². The van der Waals surface area contributed by atoms with Crippen LogP contribution in [-0.2, 0) is 0 Å². The summed E-state index contributed by atoms with van der Waals surface area (Å²) in [7, 11) is 0. The average Bonchev–Trinajstić information content (AvgIpc) is 3.28. The van der Waals surface area contributed by atoms with Gasteiger partial charge in [0.25, 0.3) is 5.69 Å². The van der Waals surface area contributed by atoms with Gasteiger partial charge in [0.05, 0.1) is 16.2 Å². The van der Waals surface area contributed by atoms with Crippen LogP contribution < -0.4 is 10.9 Å². The third-order valence-corrected chi connectivity index (χ3v) is 5.89. The lowest BCUT2D eigenvalue weighted by Crippen LogP contribution is -2.03. The molecule has 0 saturated carbocycles. The number of nitro groups is 1. The number of allylic oxidation sites excluding steroid dienone is 1. The summed E-state index contributed by atoms with van der Waals surface area (Å²) in [4.78, 5) is 27.4. The quantitative estimate of drug-likeness (QED) is 0.164. The largest absolute Gasteiger partial charge is 0.422 e. The molecule has 0 aliphatic rings. The summed E-state index contributed by atoms with van der Waals surface area (Å²) >= 11 is 1.21. The molecule has 0 fully saturated rings. The van der Waals surface area contributed by atoms with Gasteiger partial charge in [0, 0.05) is 34.8 Å². The molecular formula is C24H18N4O4S. The van der Waals surface area contributed by atoms with Crippen LogP contribution in [0.1, 0.15) is 30.3 Å². The number of hydrogen-bond acceptors (Lipinski definition) is 8. The third-order valence-electron chi connectivity index (χ3n) is 5.02. The standard InChI is InChI=1S/C24H18N4O4S/c1-14(2)15-3-5-18(6-4-15)26-12-17(11-25)23-27-21(13-33-23)20-10-16-9-19(28(30)31)7-8-22(16)32-24(20)29/h3-10,12-14,26H,1-2H3. The van der Waals surface area contributed by atoms with Crippen molar-refractivity contribution in [3.63, 3.8) is 0 Å². The van der Waals surface area contributed by atoms with Gasteiger partial charge in [0.1, 0.15) is 22.2 Å². The number of nitrogens with zero attached hydrogens (tertiary/aromatic N) is 3. The Bertz CT molecular complexity index is 1480. The first-order chi connectivity index (χ1) is 15.9. The molecule has 4 aromatic rings. The summed E-state index contributed by atoms with van der Waals surface area (Å²) in [6.07, 6.45) is 1.57. The van der Waals surface area contributed by atoms with Gasteiger partial charge >= 0.3 is 5.63 Å². The van der Waals surface area contributed by atoms with E-state index in [0.29, 0.717) is 27.6 Å². The van der Waals surface area contributed by atoms with E-state index in [2.05, 4.69) is 30.2 Å². The lowest BCUT2D eigenvalue weighted by Gasteiger charge is -2.06. The smallest absolute Gasteiger partial charge is 0.345 e. The van der Waals surface area contributed by atoms with Gasteiger partial charge in [0.15, 0.2) is 0 Å². The number of fused-ring (bicyclic) bond motifs is 1. The molecule has 0 saturated heterocycles. The molecule has 0 aliphatic carbocycles. The predicted molar refractivity (Wildman–Crippen MR) is 128 cm³/mol. The SMILES string of the molecule is CC(C)c1ccc(NC=C(C#N)c2nc(-c3cc4cc([N+](=O)[O-])ccc4oc3=O)cs2)cc1. The molecule has 1 N–H and O–H groups in total. The fourth-order valence-corrected chi connectivity index (χ4v) is 3.97. The van der Waals surface area contributed by atoms with E-state index in [0.717, 1.165) is 5.69 Å². The fraction of sp³-hybridized carbons (Fsp3) is 0.125. The molecule has 0 amide bonds. The maximum Gasteiger partial charge on any atom is 0.345 e. The number of benzene rings is 2. The average molecular weight is 458 g/mol. The molecule has 33 heavy (non-hydrogen) atoms. The van der Waals surface area contributed by atoms with Crippen LogP contribution in [0.5, 0.6) is 0 Å². The minimum absolute atomic E-state index is 0.108. The minimum Gasteiger partial charge on any atom is -0.422 e. The number of nitrogens with one attached hydrogen (secondary N) is 1. The predicted octanol–water partition coefficient (Wildman–Crippen LogP) is 5.92. The molecule has 0 spiro atoms. The maximum absolute atomic E-state index is 12.5. The highest BCUT2D eigenvalue weighted by atomic mass is 32.1. The van der Waals surface area contributed by atoms with Gasteiger partial charge < -0.3 is 9.73 Å². The first kappa shape index (κ1) is 21.9. The van der Waals surface area contributed by atoms with Crippen molar-refractivity contribution in [2.75, 3.05) is 5.32 Å². The zero-order valence-electron chi connectivity index (χ0n) is 17.7. The Labute approximate surface area is 192 Å². The number of nitro benzene ring substituents is 1. The number of hydrogen-bond donors (Lipinski definition) is 1. The first-order valence-electron chi connectivity index (χ1n) is 10.0. The number of rotatable bonds is 6. The van der Waals surface area contributed by atoms with Crippen molar-refractivity contribution in [3.8, 4) is 17.3 Å². The maximum atomic E-state index is 12.5. The summed E-state index contributed by atoms with van der Waals surface area (Å²) in [5.41, 5.74) is 2.38. The third kappa shape index (κ3) is 4.66. The second-order valence-electron chi connectivity index (χ2n) is 7.56. The van der Waals surface area contributed by atoms with Crippen LogP contribution in [-0.4, -0.2) is 9.91 Å². The minimum atomic E-state index is -0.612. The van der Waals surface area contributed by atoms with E-state index >= 15 is 0 Å². The van der Waals surface area contributed by atoms with Gasteiger partial charge in [-0.2, -0.15) is 5.26 Å². The Morgan fingerprint density at radius 1 is 1.24 bits per heavy atom. The Morgan fingerprint density at radius 3 is 2.67 bits per heavy atom.